The molecule has 1 amide bonds. The summed E-state index contributed by atoms with van der Waals surface area (Å²) < 4.78 is 0. The zero-order valence-electron chi connectivity index (χ0n) is 18.7. The molecule has 1 saturated carbocycles. The number of aromatic nitrogens is 3. The lowest BCUT2D eigenvalue weighted by Gasteiger charge is -2.58. The van der Waals surface area contributed by atoms with Crippen molar-refractivity contribution in [3.05, 3.63) is 46.7 Å². The zero-order valence-corrected chi connectivity index (χ0v) is 20.3. The first kappa shape index (κ1) is 22.6. The minimum absolute atomic E-state index is 0.0334. The van der Waals surface area contributed by atoms with E-state index in [0.717, 1.165) is 34.0 Å². The average molecular weight is 485 g/mol. The molecule has 0 aromatic carbocycles. The van der Waals surface area contributed by atoms with Crippen LogP contribution in [-0.4, -0.2) is 43.8 Å². The van der Waals surface area contributed by atoms with Gasteiger partial charge < -0.3 is 15.5 Å². The summed E-state index contributed by atoms with van der Waals surface area (Å²) in [6.07, 6.45) is 7.06. The summed E-state index contributed by atoms with van der Waals surface area (Å²) >= 11 is 3.03. The lowest BCUT2D eigenvalue weighted by molar-refractivity contribution is -0.143. The second kappa shape index (κ2) is 8.54. The molecule has 0 saturated heterocycles. The molecule has 0 spiro atoms. The standard InChI is InChI=1S/C24H28N4O3S2/c1-23-6-5-18(30)24(2,13-29)17(23)11-16-20(28-21(33-16)14-4-3-7-25-12-14)15(23)10-19(31)27-22-26-8-9-32-22/h3-4,7-9,12,15,17-18,29-30H,5-6,10-11,13H2,1-2H3,(H,26,27,31)/t15-,17+,18-,23+,24+/m1/s1. The Morgan fingerprint density at radius 3 is 2.88 bits per heavy atom. The van der Waals surface area contributed by atoms with Gasteiger partial charge in [-0.15, -0.1) is 22.7 Å². The van der Waals surface area contributed by atoms with Gasteiger partial charge in [-0.1, -0.05) is 13.8 Å². The normalized spacial score (nSPS) is 31.0. The molecule has 0 aliphatic heterocycles. The van der Waals surface area contributed by atoms with Crippen LogP contribution in [0.1, 0.15) is 49.6 Å². The Balaban J connectivity index is 1.57. The maximum Gasteiger partial charge on any atom is 0.226 e. The maximum atomic E-state index is 13.1. The van der Waals surface area contributed by atoms with Crippen molar-refractivity contribution in [2.45, 2.75) is 51.6 Å². The molecule has 0 radical (unpaired) electrons. The summed E-state index contributed by atoms with van der Waals surface area (Å²) in [5.74, 6) is -0.173. The first-order valence-corrected chi connectivity index (χ1v) is 12.9. The van der Waals surface area contributed by atoms with Crippen LogP contribution >= 0.6 is 22.7 Å². The first-order chi connectivity index (χ1) is 15.8. The number of carbonyl (C=O) groups is 1. The molecule has 0 bridgehead atoms. The van der Waals surface area contributed by atoms with Crippen molar-refractivity contribution < 1.29 is 15.0 Å². The van der Waals surface area contributed by atoms with E-state index >= 15 is 0 Å². The van der Waals surface area contributed by atoms with Crippen LogP contribution in [0.3, 0.4) is 0 Å². The largest absolute Gasteiger partial charge is 0.396 e. The molecular weight excluding hydrogens is 456 g/mol. The number of pyridine rings is 1. The van der Waals surface area contributed by atoms with Crippen molar-refractivity contribution in [2.75, 3.05) is 11.9 Å². The van der Waals surface area contributed by atoms with E-state index in [1.165, 1.54) is 11.3 Å². The molecule has 2 aliphatic carbocycles. The van der Waals surface area contributed by atoms with Gasteiger partial charge in [0, 0.05) is 52.2 Å². The molecule has 3 heterocycles. The maximum absolute atomic E-state index is 13.1. The number of thiazole rings is 2. The number of anilines is 1. The Bertz CT molecular complexity index is 1140. The summed E-state index contributed by atoms with van der Waals surface area (Å²) in [7, 11) is 0. The molecule has 0 unspecified atom stereocenters. The molecule has 2 aliphatic rings. The molecule has 3 N–H and O–H groups in total. The fourth-order valence-corrected chi connectivity index (χ4v) is 7.60. The number of amides is 1. The quantitative estimate of drug-likeness (QED) is 0.503. The van der Waals surface area contributed by atoms with Gasteiger partial charge in [0.05, 0.1) is 18.4 Å². The van der Waals surface area contributed by atoms with Crippen molar-refractivity contribution >= 4 is 33.7 Å². The number of aliphatic hydroxyl groups is 2. The summed E-state index contributed by atoms with van der Waals surface area (Å²) in [4.78, 5) is 27.7. The number of carbonyl (C=O) groups excluding carboxylic acids is 1. The van der Waals surface area contributed by atoms with Gasteiger partial charge in [0.2, 0.25) is 5.91 Å². The molecule has 3 aromatic rings. The summed E-state index contributed by atoms with van der Waals surface area (Å²) in [6, 6.07) is 3.90. The van der Waals surface area contributed by atoms with E-state index in [0.29, 0.717) is 11.6 Å². The summed E-state index contributed by atoms with van der Waals surface area (Å²) in [5.41, 5.74) is 1.03. The van der Waals surface area contributed by atoms with Crippen molar-refractivity contribution in [1.29, 1.82) is 0 Å². The van der Waals surface area contributed by atoms with E-state index in [4.69, 9.17) is 4.98 Å². The van der Waals surface area contributed by atoms with Gasteiger partial charge >= 0.3 is 0 Å². The highest BCUT2D eigenvalue weighted by Crippen LogP contribution is 2.62. The SMILES string of the molecule is C[C@]1(CO)[C@H]2Cc3sc(-c4cccnc4)nc3[C@@H](CC(=O)Nc3nccs3)[C@]2(C)CC[C@H]1O. The lowest BCUT2D eigenvalue weighted by atomic mass is 9.47. The molecule has 1 fully saturated rings. The molecule has 5 atom stereocenters. The summed E-state index contributed by atoms with van der Waals surface area (Å²) in [5, 5.41) is 27.5. The van der Waals surface area contributed by atoms with Gasteiger partial charge in [0.25, 0.3) is 0 Å². The second-order valence-electron chi connectivity index (χ2n) is 9.69. The van der Waals surface area contributed by atoms with E-state index in [1.54, 1.807) is 23.7 Å². The number of fused-ring (bicyclic) bond motifs is 2. The fraction of sp³-hybridized carbons (Fsp3) is 0.500. The van der Waals surface area contributed by atoms with Crippen LogP contribution in [0.25, 0.3) is 10.6 Å². The second-order valence-corrected chi connectivity index (χ2v) is 11.7. The highest BCUT2D eigenvalue weighted by Gasteiger charge is 2.59. The van der Waals surface area contributed by atoms with Crippen LogP contribution in [0, 0.1) is 16.7 Å². The molecule has 9 heteroatoms. The van der Waals surface area contributed by atoms with Crippen molar-refractivity contribution in [1.82, 2.24) is 15.0 Å². The Morgan fingerprint density at radius 1 is 1.33 bits per heavy atom. The van der Waals surface area contributed by atoms with Gasteiger partial charge in [-0.05, 0) is 42.7 Å². The number of hydrogen-bond acceptors (Lipinski definition) is 8. The summed E-state index contributed by atoms with van der Waals surface area (Å²) in [6.45, 7) is 4.11. The van der Waals surface area contributed by atoms with Crippen molar-refractivity contribution in [3.63, 3.8) is 0 Å². The fourth-order valence-electron chi connectivity index (χ4n) is 5.90. The van der Waals surface area contributed by atoms with Gasteiger partial charge in [0.1, 0.15) is 5.01 Å². The minimum Gasteiger partial charge on any atom is -0.396 e. The molecule has 174 valence electrons. The molecule has 3 aromatic heterocycles. The van der Waals surface area contributed by atoms with E-state index < -0.39 is 11.5 Å². The number of nitrogens with one attached hydrogen (secondary N) is 1. The minimum atomic E-state index is -0.632. The molecule has 33 heavy (non-hydrogen) atoms. The van der Waals surface area contributed by atoms with Gasteiger partial charge in [0.15, 0.2) is 5.13 Å². The average Bonchev–Trinajstić information content (AvgIpc) is 3.48. The Hall–Kier alpha value is -2.20. The van der Waals surface area contributed by atoms with Crippen LogP contribution in [0.5, 0.6) is 0 Å². The van der Waals surface area contributed by atoms with E-state index in [1.807, 2.05) is 30.6 Å². The van der Waals surface area contributed by atoms with E-state index in [9.17, 15) is 15.0 Å². The van der Waals surface area contributed by atoms with Gasteiger partial charge in [-0.3, -0.25) is 9.78 Å². The number of rotatable bonds is 5. The van der Waals surface area contributed by atoms with Crippen LogP contribution in [0.15, 0.2) is 36.1 Å². The van der Waals surface area contributed by atoms with Crippen LogP contribution < -0.4 is 5.32 Å². The van der Waals surface area contributed by atoms with Crippen molar-refractivity contribution in [3.8, 4) is 10.6 Å². The number of nitrogens with zero attached hydrogens (tertiary/aromatic N) is 3. The van der Waals surface area contributed by atoms with Crippen molar-refractivity contribution in [2.24, 2.45) is 16.7 Å². The predicted octanol–water partition coefficient (Wildman–Crippen LogP) is 4.11. The molecular formula is C24H28N4O3S2. The van der Waals surface area contributed by atoms with E-state index in [-0.39, 0.29) is 36.2 Å². The Kier molecular flexibility index (Phi) is 5.84. The highest BCUT2D eigenvalue weighted by molar-refractivity contribution is 7.15. The van der Waals surface area contributed by atoms with Crippen LogP contribution in [0.2, 0.25) is 0 Å². The third kappa shape index (κ3) is 3.80. The monoisotopic (exact) mass is 484 g/mol. The highest BCUT2D eigenvalue weighted by atomic mass is 32.1. The third-order valence-electron chi connectivity index (χ3n) is 7.87. The Labute approximate surface area is 201 Å². The number of aliphatic hydroxyl groups excluding tert-OH is 2. The first-order valence-electron chi connectivity index (χ1n) is 11.2. The molecule has 5 rings (SSSR count). The van der Waals surface area contributed by atoms with Crippen LogP contribution in [-0.2, 0) is 11.2 Å². The zero-order chi connectivity index (χ0) is 23.2. The van der Waals surface area contributed by atoms with Crippen LogP contribution in [0.4, 0.5) is 5.13 Å². The van der Waals surface area contributed by atoms with Gasteiger partial charge in [-0.25, -0.2) is 9.97 Å². The van der Waals surface area contributed by atoms with Gasteiger partial charge in [-0.2, -0.15) is 0 Å². The molecule has 7 nitrogen and oxygen atoms in total. The third-order valence-corrected chi connectivity index (χ3v) is 9.70. The predicted molar refractivity (Wildman–Crippen MR) is 129 cm³/mol. The topological polar surface area (TPSA) is 108 Å². The Morgan fingerprint density at radius 2 is 2.18 bits per heavy atom. The van der Waals surface area contributed by atoms with E-state index in [2.05, 4.69) is 22.2 Å². The smallest absolute Gasteiger partial charge is 0.226 e. The number of hydrogen-bond donors (Lipinski definition) is 3. The lowest BCUT2D eigenvalue weighted by Crippen LogP contribution is -2.57.